The molecule has 3 aromatic rings. The summed E-state index contributed by atoms with van der Waals surface area (Å²) >= 11 is 0. The van der Waals surface area contributed by atoms with Crippen LogP contribution < -0.4 is 20.1 Å². The standard InChI is InChI=1S/C27H28F3N3O4S/c28-27(29,30)37-23-11-13-24(14-12-23)38(35,36)33-22-15-21(16-31-17-22)26(34)32-18-25(19-7-3-1-4-8-19)20-9-5-2-6-10-20/h1-14,21-22,25,31,33H,15-18H2,(H,32,34). The molecule has 3 aromatic carbocycles. The lowest BCUT2D eigenvalue weighted by Crippen LogP contribution is -2.52. The average Bonchev–Trinajstić information content (AvgIpc) is 2.89. The number of carbonyl (C=O) groups excluding carboxylic acids is 1. The van der Waals surface area contributed by atoms with E-state index < -0.39 is 34.1 Å². The summed E-state index contributed by atoms with van der Waals surface area (Å²) in [5.74, 6) is -1.22. The van der Waals surface area contributed by atoms with Gasteiger partial charge in [0.15, 0.2) is 0 Å². The third-order valence-corrected chi connectivity index (χ3v) is 7.83. The van der Waals surface area contributed by atoms with E-state index >= 15 is 0 Å². The Labute approximate surface area is 219 Å². The smallest absolute Gasteiger partial charge is 0.406 e. The topological polar surface area (TPSA) is 96.5 Å². The highest BCUT2D eigenvalue weighted by atomic mass is 32.2. The van der Waals surface area contributed by atoms with Gasteiger partial charge in [0.1, 0.15) is 5.75 Å². The molecule has 202 valence electrons. The molecule has 1 aliphatic heterocycles. The lowest BCUT2D eigenvalue weighted by molar-refractivity contribution is -0.274. The van der Waals surface area contributed by atoms with Gasteiger partial charge in [0.05, 0.1) is 10.8 Å². The number of halogens is 3. The second kappa shape index (κ2) is 12.0. The van der Waals surface area contributed by atoms with Crippen molar-refractivity contribution in [2.75, 3.05) is 19.6 Å². The molecule has 0 radical (unpaired) electrons. The fourth-order valence-electron chi connectivity index (χ4n) is 4.49. The van der Waals surface area contributed by atoms with E-state index in [1.54, 1.807) is 0 Å². The molecule has 38 heavy (non-hydrogen) atoms. The van der Waals surface area contributed by atoms with Crippen LogP contribution in [0.5, 0.6) is 5.75 Å². The average molecular weight is 548 g/mol. The van der Waals surface area contributed by atoms with E-state index in [9.17, 15) is 26.4 Å². The maximum atomic E-state index is 13.1. The summed E-state index contributed by atoms with van der Waals surface area (Å²) in [6, 6.07) is 23.1. The lowest BCUT2D eigenvalue weighted by atomic mass is 9.90. The summed E-state index contributed by atoms with van der Waals surface area (Å²) in [7, 11) is -4.03. The van der Waals surface area contributed by atoms with Crippen LogP contribution in [0.1, 0.15) is 23.5 Å². The van der Waals surface area contributed by atoms with E-state index in [2.05, 4.69) is 20.1 Å². The van der Waals surface area contributed by atoms with Gasteiger partial charge in [0.2, 0.25) is 15.9 Å². The van der Waals surface area contributed by atoms with E-state index in [0.717, 1.165) is 35.4 Å². The number of hydrogen-bond donors (Lipinski definition) is 3. The van der Waals surface area contributed by atoms with Crippen LogP contribution in [0.25, 0.3) is 0 Å². The number of amides is 1. The number of rotatable bonds is 9. The predicted molar refractivity (Wildman–Crippen MR) is 136 cm³/mol. The van der Waals surface area contributed by atoms with Crippen LogP contribution in [0.2, 0.25) is 0 Å². The molecular formula is C27H28F3N3O4S. The summed E-state index contributed by atoms with van der Waals surface area (Å²) in [5, 5.41) is 6.12. The zero-order valence-corrected chi connectivity index (χ0v) is 21.1. The number of alkyl halides is 3. The van der Waals surface area contributed by atoms with Crippen molar-refractivity contribution < 1.29 is 31.1 Å². The van der Waals surface area contributed by atoms with Gasteiger partial charge >= 0.3 is 6.36 Å². The van der Waals surface area contributed by atoms with Crippen molar-refractivity contribution in [3.8, 4) is 5.75 Å². The molecule has 0 bridgehead atoms. The monoisotopic (exact) mass is 547 g/mol. The largest absolute Gasteiger partial charge is 0.573 e. The molecule has 2 unspecified atom stereocenters. The quantitative estimate of drug-likeness (QED) is 0.379. The van der Waals surface area contributed by atoms with Gasteiger partial charge in [-0.1, -0.05) is 60.7 Å². The molecule has 1 fully saturated rings. The molecule has 0 spiro atoms. The number of ether oxygens (including phenoxy) is 1. The summed E-state index contributed by atoms with van der Waals surface area (Å²) in [4.78, 5) is 12.9. The number of carbonyl (C=O) groups is 1. The van der Waals surface area contributed by atoms with Crippen LogP contribution in [0.3, 0.4) is 0 Å². The van der Waals surface area contributed by atoms with Crippen molar-refractivity contribution in [1.29, 1.82) is 0 Å². The molecule has 1 amide bonds. The SMILES string of the molecule is O=C(NCC(c1ccccc1)c1ccccc1)C1CNCC(NS(=O)(=O)c2ccc(OC(F)(F)F)cc2)C1. The highest BCUT2D eigenvalue weighted by Crippen LogP contribution is 2.25. The second-order valence-electron chi connectivity index (χ2n) is 9.05. The molecule has 0 aromatic heterocycles. The summed E-state index contributed by atoms with van der Waals surface area (Å²) in [5.41, 5.74) is 2.14. The number of hydrogen-bond acceptors (Lipinski definition) is 5. The lowest BCUT2D eigenvalue weighted by Gasteiger charge is -2.30. The van der Waals surface area contributed by atoms with E-state index in [4.69, 9.17) is 0 Å². The summed E-state index contributed by atoms with van der Waals surface area (Å²) < 4.78 is 69.0. The Morgan fingerprint density at radius 2 is 1.50 bits per heavy atom. The van der Waals surface area contributed by atoms with Gasteiger partial charge in [0, 0.05) is 31.6 Å². The van der Waals surface area contributed by atoms with Crippen molar-refractivity contribution in [3.63, 3.8) is 0 Å². The Bertz CT molecular complexity index is 1270. The van der Waals surface area contributed by atoms with Gasteiger partial charge in [-0.15, -0.1) is 13.2 Å². The van der Waals surface area contributed by atoms with E-state index in [-0.39, 0.29) is 23.1 Å². The van der Waals surface area contributed by atoms with Crippen LogP contribution in [-0.2, 0) is 14.8 Å². The number of nitrogens with one attached hydrogen (secondary N) is 3. The zero-order chi connectivity index (χ0) is 27.2. The Hall–Kier alpha value is -3.41. The summed E-state index contributed by atoms with van der Waals surface area (Å²) in [6.07, 6.45) is -4.60. The van der Waals surface area contributed by atoms with Gasteiger partial charge in [0.25, 0.3) is 0 Å². The molecule has 3 N–H and O–H groups in total. The Morgan fingerprint density at radius 3 is 2.05 bits per heavy atom. The Morgan fingerprint density at radius 1 is 0.921 bits per heavy atom. The molecular weight excluding hydrogens is 519 g/mol. The Kier molecular flexibility index (Phi) is 8.70. The van der Waals surface area contributed by atoms with Crippen LogP contribution in [-0.4, -0.2) is 46.4 Å². The third-order valence-electron chi connectivity index (χ3n) is 6.30. The molecule has 11 heteroatoms. The van der Waals surface area contributed by atoms with Gasteiger partial charge in [-0.3, -0.25) is 4.79 Å². The van der Waals surface area contributed by atoms with Crippen molar-refractivity contribution in [2.24, 2.45) is 5.92 Å². The fraction of sp³-hybridized carbons (Fsp3) is 0.296. The van der Waals surface area contributed by atoms with E-state index in [1.165, 1.54) is 0 Å². The minimum atomic E-state index is -4.87. The second-order valence-corrected chi connectivity index (χ2v) is 10.8. The molecule has 2 atom stereocenters. The van der Waals surface area contributed by atoms with Gasteiger partial charge < -0.3 is 15.4 Å². The van der Waals surface area contributed by atoms with Crippen molar-refractivity contribution in [2.45, 2.75) is 29.6 Å². The van der Waals surface area contributed by atoms with Gasteiger partial charge in [-0.05, 0) is 41.8 Å². The van der Waals surface area contributed by atoms with Crippen molar-refractivity contribution in [1.82, 2.24) is 15.4 Å². The molecule has 4 rings (SSSR count). The van der Waals surface area contributed by atoms with Crippen LogP contribution >= 0.6 is 0 Å². The highest BCUT2D eigenvalue weighted by molar-refractivity contribution is 7.89. The van der Waals surface area contributed by atoms with Crippen LogP contribution in [0.15, 0.2) is 89.8 Å². The first kappa shape index (κ1) is 27.6. The number of benzene rings is 3. The van der Waals surface area contributed by atoms with E-state index in [0.29, 0.717) is 19.6 Å². The van der Waals surface area contributed by atoms with Crippen molar-refractivity contribution >= 4 is 15.9 Å². The summed E-state index contributed by atoms with van der Waals surface area (Å²) in [6.45, 7) is 1.09. The molecule has 1 saturated heterocycles. The normalized spacial score (nSPS) is 18.2. The predicted octanol–water partition coefficient (Wildman–Crippen LogP) is 3.79. The van der Waals surface area contributed by atoms with E-state index in [1.807, 2.05) is 60.7 Å². The van der Waals surface area contributed by atoms with Crippen LogP contribution in [0.4, 0.5) is 13.2 Å². The molecule has 7 nitrogen and oxygen atoms in total. The first-order valence-corrected chi connectivity index (χ1v) is 13.6. The molecule has 0 saturated carbocycles. The first-order valence-electron chi connectivity index (χ1n) is 12.1. The molecule has 1 heterocycles. The maximum absolute atomic E-state index is 13.1. The third kappa shape index (κ3) is 7.56. The maximum Gasteiger partial charge on any atom is 0.573 e. The fourth-order valence-corrected chi connectivity index (χ4v) is 5.73. The first-order chi connectivity index (χ1) is 18.1. The molecule has 1 aliphatic rings. The Balaban J connectivity index is 1.37. The minimum absolute atomic E-state index is 0.0449. The molecule has 0 aliphatic carbocycles. The minimum Gasteiger partial charge on any atom is -0.406 e. The number of piperidine rings is 1. The van der Waals surface area contributed by atoms with Crippen LogP contribution in [0, 0.1) is 5.92 Å². The van der Waals surface area contributed by atoms with Crippen molar-refractivity contribution in [3.05, 3.63) is 96.1 Å². The number of sulfonamides is 1. The van der Waals surface area contributed by atoms with Gasteiger partial charge in [-0.2, -0.15) is 0 Å². The highest BCUT2D eigenvalue weighted by Gasteiger charge is 2.32. The van der Waals surface area contributed by atoms with Gasteiger partial charge in [-0.25, -0.2) is 13.1 Å². The zero-order valence-electron chi connectivity index (χ0n) is 20.3.